The predicted molar refractivity (Wildman–Crippen MR) is 90.3 cm³/mol. The zero-order chi connectivity index (χ0) is 16.2. The van der Waals surface area contributed by atoms with Gasteiger partial charge in [0.05, 0.1) is 11.8 Å². The molecule has 1 fully saturated rings. The second-order valence-corrected chi connectivity index (χ2v) is 6.44. The van der Waals surface area contributed by atoms with Gasteiger partial charge in [-0.2, -0.15) is 0 Å². The highest BCUT2D eigenvalue weighted by Crippen LogP contribution is 2.19. The maximum atomic E-state index is 12.3. The molecule has 1 aliphatic heterocycles. The van der Waals surface area contributed by atoms with Crippen LogP contribution in [0.25, 0.3) is 0 Å². The first-order valence-electron chi connectivity index (χ1n) is 8.21. The van der Waals surface area contributed by atoms with E-state index in [-0.39, 0.29) is 5.91 Å². The van der Waals surface area contributed by atoms with Crippen LogP contribution in [0.15, 0.2) is 47.3 Å². The second-order valence-electron chi connectivity index (χ2n) is 6.44. The first kappa shape index (κ1) is 15.8. The van der Waals surface area contributed by atoms with Gasteiger partial charge in [0.25, 0.3) is 5.91 Å². The number of furan rings is 1. The fourth-order valence-corrected chi connectivity index (χ4v) is 3.19. The Balaban J connectivity index is 1.52. The lowest BCUT2D eigenvalue weighted by molar-refractivity contribution is 0.0639. The number of carbonyl (C=O) groups excluding carboxylic acids is 1. The van der Waals surface area contributed by atoms with Crippen LogP contribution < -0.4 is 0 Å². The van der Waals surface area contributed by atoms with E-state index in [1.807, 2.05) is 4.90 Å². The van der Waals surface area contributed by atoms with Gasteiger partial charge in [-0.1, -0.05) is 29.8 Å². The second kappa shape index (κ2) is 7.01. The number of carbonyl (C=O) groups is 1. The molecule has 3 rings (SSSR count). The minimum Gasteiger partial charge on any atom is -0.472 e. The number of rotatable bonds is 4. The van der Waals surface area contributed by atoms with E-state index in [1.165, 1.54) is 17.4 Å². The monoisotopic (exact) mass is 312 g/mol. The Morgan fingerprint density at radius 1 is 1.22 bits per heavy atom. The van der Waals surface area contributed by atoms with Crippen molar-refractivity contribution >= 4 is 5.91 Å². The van der Waals surface area contributed by atoms with Gasteiger partial charge in [-0.3, -0.25) is 9.69 Å². The molecule has 4 heteroatoms. The highest BCUT2D eigenvalue weighted by atomic mass is 16.3. The molecule has 1 saturated heterocycles. The van der Waals surface area contributed by atoms with Gasteiger partial charge in [-0.05, 0) is 38.4 Å². The summed E-state index contributed by atoms with van der Waals surface area (Å²) < 4.78 is 5.00. The molecule has 1 amide bonds. The zero-order valence-corrected chi connectivity index (χ0v) is 13.9. The normalized spacial score (nSPS) is 16.0. The van der Waals surface area contributed by atoms with E-state index in [1.54, 1.807) is 12.3 Å². The minimum atomic E-state index is 0.0818. The Kier molecular flexibility index (Phi) is 4.82. The Hall–Kier alpha value is -2.07. The van der Waals surface area contributed by atoms with Gasteiger partial charge in [-0.15, -0.1) is 0 Å². The number of likely N-dealkylation sites (tertiary alicyclic amines) is 1. The molecule has 1 aromatic carbocycles. The van der Waals surface area contributed by atoms with Crippen LogP contribution in [0.1, 0.15) is 34.3 Å². The molecule has 0 N–H and O–H groups in total. The van der Waals surface area contributed by atoms with Crippen molar-refractivity contribution in [2.75, 3.05) is 20.1 Å². The van der Waals surface area contributed by atoms with Gasteiger partial charge in [0.1, 0.15) is 6.26 Å². The molecule has 0 bridgehead atoms. The number of piperidine rings is 1. The molecule has 2 heterocycles. The molecule has 0 atom stereocenters. The lowest BCUT2D eigenvalue weighted by Crippen LogP contribution is -2.45. The largest absolute Gasteiger partial charge is 0.472 e. The van der Waals surface area contributed by atoms with Gasteiger partial charge in [0.2, 0.25) is 0 Å². The molecule has 0 saturated carbocycles. The number of nitrogens with zero attached hydrogens (tertiary/aromatic N) is 2. The zero-order valence-electron chi connectivity index (χ0n) is 13.9. The molecule has 122 valence electrons. The highest BCUT2D eigenvalue weighted by molar-refractivity contribution is 5.93. The van der Waals surface area contributed by atoms with E-state index in [2.05, 4.69) is 43.1 Å². The van der Waals surface area contributed by atoms with Gasteiger partial charge in [-0.25, -0.2) is 0 Å². The topological polar surface area (TPSA) is 36.7 Å². The molecule has 4 nitrogen and oxygen atoms in total. The molecule has 0 aliphatic carbocycles. The Morgan fingerprint density at radius 2 is 1.91 bits per heavy atom. The van der Waals surface area contributed by atoms with E-state index < -0.39 is 0 Å². The van der Waals surface area contributed by atoms with Gasteiger partial charge < -0.3 is 9.32 Å². The summed E-state index contributed by atoms with van der Waals surface area (Å²) in [5.74, 6) is 0.0818. The van der Waals surface area contributed by atoms with Crippen molar-refractivity contribution < 1.29 is 9.21 Å². The maximum Gasteiger partial charge on any atom is 0.257 e. The molecule has 2 aromatic rings. The van der Waals surface area contributed by atoms with E-state index in [0.29, 0.717) is 11.6 Å². The lowest BCUT2D eigenvalue weighted by atomic mass is 10.0. The van der Waals surface area contributed by atoms with Crippen LogP contribution in [0, 0.1) is 6.92 Å². The summed E-state index contributed by atoms with van der Waals surface area (Å²) in [5.41, 5.74) is 3.29. The number of aryl methyl sites for hydroxylation is 1. The molecule has 0 spiro atoms. The van der Waals surface area contributed by atoms with Crippen LogP contribution in [0.2, 0.25) is 0 Å². The molecular weight excluding hydrogens is 288 g/mol. The summed E-state index contributed by atoms with van der Waals surface area (Å²) in [4.78, 5) is 16.7. The fraction of sp³-hybridized carbons (Fsp3) is 0.421. The average Bonchev–Trinajstić information content (AvgIpc) is 3.11. The Bertz CT molecular complexity index is 626. The number of hydrogen-bond acceptors (Lipinski definition) is 3. The lowest BCUT2D eigenvalue weighted by Gasteiger charge is -2.36. The fourth-order valence-electron chi connectivity index (χ4n) is 3.19. The summed E-state index contributed by atoms with van der Waals surface area (Å²) in [6, 6.07) is 11.0. The first-order chi connectivity index (χ1) is 11.1. The predicted octanol–water partition coefficient (Wildman–Crippen LogP) is 3.32. The summed E-state index contributed by atoms with van der Waals surface area (Å²) in [5, 5.41) is 0. The SMILES string of the molecule is Cc1ccc(CN(C)C2CCN(C(=O)c3ccoc3)CC2)cc1. The van der Waals surface area contributed by atoms with Crippen molar-refractivity contribution in [2.24, 2.45) is 0 Å². The van der Waals surface area contributed by atoms with Crippen LogP contribution in [-0.2, 0) is 6.54 Å². The molecular formula is C19H24N2O2. The van der Waals surface area contributed by atoms with Crippen molar-refractivity contribution in [3.63, 3.8) is 0 Å². The quantitative estimate of drug-likeness (QED) is 0.869. The molecule has 0 radical (unpaired) electrons. The van der Waals surface area contributed by atoms with Gasteiger partial charge in [0, 0.05) is 25.7 Å². The molecule has 23 heavy (non-hydrogen) atoms. The molecule has 1 aromatic heterocycles. The van der Waals surface area contributed by atoms with Crippen molar-refractivity contribution in [2.45, 2.75) is 32.4 Å². The van der Waals surface area contributed by atoms with E-state index >= 15 is 0 Å². The molecule has 0 unspecified atom stereocenters. The third-order valence-corrected chi connectivity index (χ3v) is 4.70. The summed E-state index contributed by atoms with van der Waals surface area (Å²) in [7, 11) is 2.18. The third kappa shape index (κ3) is 3.82. The third-order valence-electron chi connectivity index (χ3n) is 4.70. The Morgan fingerprint density at radius 3 is 2.52 bits per heavy atom. The number of amides is 1. The first-order valence-corrected chi connectivity index (χ1v) is 8.21. The Labute approximate surface area is 137 Å². The number of hydrogen-bond donors (Lipinski definition) is 0. The standard InChI is InChI=1S/C19H24N2O2/c1-15-3-5-16(6-4-15)13-20(2)18-7-10-21(11-8-18)19(22)17-9-12-23-14-17/h3-6,9,12,14,18H,7-8,10-11,13H2,1-2H3. The maximum absolute atomic E-state index is 12.3. The van der Waals surface area contributed by atoms with E-state index in [9.17, 15) is 4.79 Å². The van der Waals surface area contributed by atoms with Gasteiger partial charge in [0.15, 0.2) is 0 Å². The number of benzene rings is 1. The van der Waals surface area contributed by atoms with Crippen molar-refractivity contribution in [1.29, 1.82) is 0 Å². The summed E-state index contributed by atoms with van der Waals surface area (Å²) in [6.07, 6.45) is 5.12. The minimum absolute atomic E-state index is 0.0818. The van der Waals surface area contributed by atoms with E-state index in [4.69, 9.17) is 4.42 Å². The van der Waals surface area contributed by atoms with Crippen LogP contribution in [-0.4, -0.2) is 41.9 Å². The summed E-state index contributed by atoms with van der Waals surface area (Å²) in [6.45, 7) is 4.70. The van der Waals surface area contributed by atoms with Crippen molar-refractivity contribution in [3.05, 3.63) is 59.5 Å². The van der Waals surface area contributed by atoms with Gasteiger partial charge >= 0.3 is 0 Å². The van der Waals surface area contributed by atoms with Crippen LogP contribution in [0.4, 0.5) is 0 Å². The van der Waals surface area contributed by atoms with Crippen LogP contribution in [0.3, 0.4) is 0 Å². The van der Waals surface area contributed by atoms with Crippen molar-refractivity contribution in [3.8, 4) is 0 Å². The highest BCUT2D eigenvalue weighted by Gasteiger charge is 2.26. The summed E-state index contributed by atoms with van der Waals surface area (Å²) >= 11 is 0. The molecule has 1 aliphatic rings. The van der Waals surface area contributed by atoms with E-state index in [0.717, 1.165) is 32.5 Å². The van der Waals surface area contributed by atoms with Crippen molar-refractivity contribution in [1.82, 2.24) is 9.80 Å². The van der Waals surface area contributed by atoms with Crippen LogP contribution >= 0.6 is 0 Å². The smallest absolute Gasteiger partial charge is 0.257 e. The average molecular weight is 312 g/mol. The van der Waals surface area contributed by atoms with Crippen LogP contribution in [0.5, 0.6) is 0 Å².